The van der Waals surface area contributed by atoms with Gasteiger partial charge in [0.05, 0.1) is 18.4 Å². The number of carbonyl (C=O) groups excluding carboxylic acids is 2. The van der Waals surface area contributed by atoms with Crippen LogP contribution in [0.5, 0.6) is 11.5 Å². The van der Waals surface area contributed by atoms with Gasteiger partial charge in [-0.15, -0.1) is 0 Å². The highest BCUT2D eigenvalue weighted by atomic mass is 16.5. The second kappa shape index (κ2) is 11.3. The number of ether oxygens (including phenoxy) is 2. The van der Waals surface area contributed by atoms with Gasteiger partial charge in [-0.2, -0.15) is 5.10 Å². The quantitative estimate of drug-likeness (QED) is 0.178. The van der Waals surface area contributed by atoms with E-state index in [1.54, 1.807) is 72.8 Å². The van der Waals surface area contributed by atoms with Crippen LogP contribution in [-0.2, 0) is 0 Å². The molecular formula is C25H24N2O4. The SMILES string of the molecule is CCCCOc1ccc(C(=O)Oc2ccc(/C=N/NC(=O)c3ccccc3)cc2)cc1. The molecule has 0 saturated heterocycles. The molecule has 158 valence electrons. The van der Waals surface area contributed by atoms with Crippen LogP contribution in [0.3, 0.4) is 0 Å². The summed E-state index contributed by atoms with van der Waals surface area (Å²) in [5, 5.41) is 3.95. The first-order valence-corrected chi connectivity index (χ1v) is 10.1. The van der Waals surface area contributed by atoms with Crippen LogP contribution in [0.15, 0.2) is 84.0 Å². The maximum Gasteiger partial charge on any atom is 0.343 e. The van der Waals surface area contributed by atoms with Gasteiger partial charge in [0, 0.05) is 5.56 Å². The molecule has 0 aliphatic rings. The topological polar surface area (TPSA) is 77.0 Å². The molecule has 0 atom stereocenters. The molecule has 31 heavy (non-hydrogen) atoms. The number of esters is 1. The number of nitrogens with zero attached hydrogens (tertiary/aromatic N) is 1. The number of hydrogen-bond donors (Lipinski definition) is 1. The van der Waals surface area contributed by atoms with E-state index in [0.29, 0.717) is 23.5 Å². The van der Waals surface area contributed by atoms with Crippen molar-refractivity contribution in [2.75, 3.05) is 6.61 Å². The van der Waals surface area contributed by atoms with Crippen LogP contribution >= 0.6 is 0 Å². The monoisotopic (exact) mass is 416 g/mol. The standard InChI is InChI=1S/C25H24N2O4/c1-2-3-17-30-22-15-11-21(12-16-22)25(29)31-23-13-9-19(10-14-23)18-26-27-24(28)20-7-5-4-6-8-20/h4-16,18H,2-3,17H2,1H3,(H,27,28)/b26-18+. The number of nitrogens with one attached hydrogen (secondary N) is 1. The molecule has 3 aromatic rings. The van der Waals surface area contributed by atoms with E-state index >= 15 is 0 Å². The molecule has 0 fully saturated rings. The summed E-state index contributed by atoms with van der Waals surface area (Å²) in [5.74, 6) is 0.410. The van der Waals surface area contributed by atoms with Gasteiger partial charge in [-0.05, 0) is 72.6 Å². The number of hydrazone groups is 1. The van der Waals surface area contributed by atoms with Crippen LogP contribution in [0.1, 0.15) is 46.0 Å². The predicted molar refractivity (Wildman–Crippen MR) is 120 cm³/mol. The van der Waals surface area contributed by atoms with Crippen molar-refractivity contribution >= 4 is 18.1 Å². The van der Waals surface area contributed by atoms with Gasteiger partial charge < -0.3 is 9.47 Å². The average molecular weight is 416 g/mol. The van der Waals surface area contributed by atoms with Gasteiger partial charge >= 0.3 is 5.97 Å². The molecule has 0 aliphatic carbocycles. The van der Waals surface area contributed by atoms with Crippen molar-refractivity contribution in [3.05, 3.63) is 95.6 Å². The highest BCUT2D eigenvalue weighted by Gasteiger charge is 2.09. The van der Waals surface area contributed by atoms with Crippen LogP contribution in [0.2, 0.25) is 0 Å². The lowest BCUT2D eigenvalue weighted by Crippen LogP contribution is -2.17. The minimum absolute atomic E-state index is 0.288. The average Bonchev–Trinajstić information content (AvgIpc) is 2.81. The Morgan fingerprint density at radius 2 is 1.55 bits per heavy atom. The molecular weight excluding hydrogens is 392 g/mol. The van der Waals surface area contributed by atoms with Crippen LogP contribution < -0.4 is 14.9 Å². The second-order valence-corrected chi connectivity index (χ2v) is 6.75. The number of amides is 1. The van der Waals surface area contributed by atoms with E-state index in [-0.39, 0.29) is 5.91 Å². The van der Waals surface area contributed by atoms with E-state index in [0.717, 1.165) is 24.2 Å². The highest BCUT2D eigenvalue weighted by molar-refractivity contribution is 5.95. The third-order valence-corrected chi connectivity index (χ3v) is 4.36. The van der Waals surface area contributed by atoms with Crippen molar-refractivity contribution in [3.8, 4) is 11.5 Å². The van der Waals surface area contributed by atoms with Gasteiger partial charge in [-0.25, -0.2) is 10.2 Å². The van der Waals surface area contributed by atoms with Gasteiger partial charge in [0.1, 0.15) is 11.5 Å². The molecule has 0 heterocycles. The molecule has 0 bridgehead atoms. The lowest BCUT2D eigenvalue weighted by molar-refractivity contribution is 0.0734. The first kappa shape index (κ1) is 21.8. The maximum atomic E-state index is 12.3. The van der Waals surface area contributed by atoms with E-state index in [9.17, 15) is 9.59 Å². The van der Waals surface area contributed by atoms with Gasteiger partial charge in [0.25, 0.3) is 5.91 Å². The molecule has 0 aliphatic heterocycles. The fraction of sp³-hybridized carbons (Fsp3) is 0.160. The van der Waals surface area contributed by atoms with Gasteiger partial charge in [0.2, 0.25) is 0 Å². The van der Waals surface area contributed by atoms with Crippen molar-refractivity contribution in [2.24, 2.45) is 5.10 Å². The van der Waals surface area contributed by atoms with E-state index in [2.05, 4.69) is 17.5 Å². The number of benzene rings is 3. The first-order chi connectivity index (χ1) is 15.2. The minimum Gasteiger partial charge on any atom is -0.494 e. The Kier molecular flexibility index (Phi) is 7.94. The molecule has 3 aromatic carbocycles. The Morgan fingerprint density at radius 3 is 2.23 bits per heavy atom. The van der Waals surface area contributed by atoms with Crippen molar-refractivity contribution < 1.29 is 19.1 Å². The normalized spacial score (nSPS) is 10.6. The largest absolute Gasteiger partial charge is 0.494 e. The summed E-state index contributed by atoms with van der Waals surface area (Å²) in [4.78, 5) is 24.3. The third kappa shape index (κ3) is 6.82. The Labute approximate surface area is 181 Å². The zero-order chi connectivity index (χ0) is 21.9. The fourth-order valence-corrected chi connectivity index (χ4v) is 2.63. The Hall–Kier alpha value is -3.93. The maximum absolute atomic E-state index is 12.3. The van der Waals surface area contributed by atoms with Gasteiger partial charge in [-0.1, -0.05) is 31.5 Å². The molecule has 0 saturated carbocycles. The number of carbonyl (C=O) groups is 2. The highest BCUT2D eigenvalue weighted by Crippen LogP contribution is 2.16. The fourth-order valence-electron chi connectivity index (χ4n) is 2.63. The lowest BCUT2D eigenvalue weighted by atomic mass is 10.2. The summed E-state index contributed by atoms with van der Waals surface area (Å²) < 4.78 is 11.0. The molecule has 0 spiro atoms. The molecule has 0 unspecified atom stereocenters. The Bertz CT molecular complexity index is 1010. The summed E-state index contributed by atoms with van der Waals surface area (Å²) >= 11 is 0. The van der Waals surface area contributed by atoms with E-state index in [1.165, 1.54) is 6.21 Å². The predicted octanol–water partition coefficient (Wildman–Crippen LogP) is 4.85. The Morgan fingerprint density at radius 1 is 0.871 bits per heavy atom. The van der Waals surface area contributed by atoms with Crippen molar-refractivity contribution in [2.45, 2.75) is 19.8 Å². The smallest absolute Gasteiger partial charge is 0.343 e. The van der Waals surface area contributed by atoms with E-state index < -0.39 is 5.97 Å². The molecule has 0 aromatic heterocycles. The van der Waals surface area contributed by atoms with Crippen LogP contribution in [0.25, 0.3) is 0 Å². The molecule has 1 N–H and O–H groups in total. The second-order valence-electron chi connectivity index (χ2n) is 6.75. The molecule has 6 nitrogen and oxygen atoms in total. The summed E-state index contributed by atoms with van der Waals surface area (Å²) in [5.41, 5.74) is 4.19. The van der Waals surface area contributed by atoms with E-state index in [1.807, 2.05) is 6.07 Å². The zero-order valence-electron chi connectivity index (χ0n) is 17.3. The zero-order valence-corrected chi connectivity index (χ0v) is 17.3. The lowest BCUT2D eigenvalue weighted by Gasteiger charge is -2.07. The van der Waals surface area contributed by atoms with Crippen LogP contribution in [-0.4, -0.2) is 24.7 Å². The molecule has 1 amide bonds. The van der Waals surface area contributed by atoms with Crippen molar-refractivity contribution in [3.63, 3.8) is 0 Å². The summed E-state index contributed by atoms with van der Waals surface area (Å²) in [6.07, 6.45) is 3.57. The van der Waals surface area contributed by atoms with Crippen molar-refractivity contribution in [1.29, 1.82) is 0 Å². The van der Waals surface area contributed by atoms with Crippen molar-refractivity contribution in [1.82, 2.24) is 5.43 Å². The number of rotatable bonds is 9. The molecule has 0 radical (unpaired) electrons. The summed E-state index contributed by atoms with van der Waals surface area (Å²) in [6, 6.07) is 22.5. The van der Waals surface area contributed by atoms with Gasteiger partial charge in [0.15, 0.2) is 0 Å². The van der Waals surface area contributed by atoms with Gasteiger partial charge in [-0.3, -0.25) is 4.79 Å². The number of hydrogen-bond acceptors (Lipinski definition) is 5. The molecule has 6 heteroatoms. The molecule has 3 rings (SSSR count). The summed E-state index contributed by atoms with van der Waals surface area (Å²) in [6.45, 7) is 2.76. The Balaban J connectivity index is 1.50. The summed E-state index contributed by atoms with van der Waals surface area (Å²) in [7, 11) is 0. The third-order valence-electron chi connectivity index (χ3n) is 4.36. The number of unbranched alkanes of at least 4 members (excludes halogenated alkanes) is 1. The van der Waals surface area contributed by atoms with E-state index in [4.69, 9.17) is 9.47 Å². The minimum atomic E-state index is -0.448. The van der Waals surface area contributed by atoms with Crippen LogP contribution in [0, 0.1) is 0 Å². The first-order valence-electron chi connectivity index (χ1n) is 10.1. The van der Waals surface area contributed by atoms with Crippen LogP contribution in [0.4, 0.5) is 0 Å².